The van der Waals surface area contributed by atoms with Crippen molar-refractivity contribution in [1.29, 1.82) is 0 Å². The summed E-state index contributed by atoms with van der Waals surface area (Å²) < 4.78 is 0. The van der Waals surface area contributed by atoms with Gasteiger partial charge < -0.3 is 0 Å². The second-order valence-electron chi connectivity index (χ2n) is 1.24. The molecule has 0 saturated carbocycles. The lowest BCUT2D eigenvalue weighted by molar-refractivity contribution is 0.241. The molecular weight excluding hydrogens is 184 g/mol. The van der Waals surface area contributed by atoms with Gasteiger partial charge in [0.05, 0.1) is 0 Å². The summed E-state index contributed by atoms with van der Waals surface area (Å²) in [6, 6.07) is -0.602. The molecule has 0 unspecified atom stereocenters. The number of hydrazine groups is 4. The van der Waals surface area contributed by atoms with Gasteiger partial charge in [0.25, 0.3) is 0 Å². The second-order valence-corrected chi connectivity index (χ2v) is 1.64. The van der Waals surface area contributed by atoms with Crippen molar-refractivity contribution in [2.45, 2.75) is 0 Å². The van der Waals surface area contributed by atoms with E-state index < -0.39 is 6.03 Å². The molecule has 10 heteroatoms. The van der Waals surface area contributed by atoms with Crippen LogP contribution in [-0.4, -0.2) is 11.1 Å². The fraction of sp³-hybridized carbons (Fsp3) is 0. The van der Waals surface area contributed by atoms with Crippen molar-refractivity contribution in [2.75, 3.05) is 0 Å². The zero-order valence-electron chi connectivity index (χ0n) is 6.13. The van der Waals surface area contributed by atoms with Gasteiger partial charge in [0, 0.05) is 0 Å². The third-order valence-electron chi connectivity index (χ3n) is 0.524. The van der Waals surface area contributed by atoms with E-state index in [0.717, 1.165) is 0 Å². The average Bonchev–Trinajstić information content (AvgIpc) is 2.16. The van der Waals surface area contributed by atoms with E-state index in [1.807, 2.05) is 0 Å². The molecule has 0 aromatic heterocycles. The van der Waals surface area contributed by atoms with Crippen LogP contribution in [0.25, 0.3) is 0 Å². The van der Waals surface area contributed by atoms with Crippen LogP contribution in [0.2, 0.25) is 0 Å². The Bertz CT molecular complexity index is 109. The smallest absolute Gasteiger partial charge is 0.300 e. The summed E-state index contributed by atoms with van der Waals surface area (Å²) in [4.78, 5) is 9.71. The van der Waals surface area contributed by atoms with Gasteiger partial charge in [-0.05, 0) is 12.2 Å². The van der Waals surface area contributed by atoms with Crippen molar-refractivity contribution in [3.05, 3.63) is 0 Å². The number of nitrogens with one attached hydrogen (secondary N) is 4. The first-order valence-electron chi connectivity index (χ1n) is 2.56. The molecule has 2 amide bonds. The van der Waals surface area contributed by atoms with Crippen LogP contribution in [0, 0.1) is 0 Å². The van der Waals surface area contributed by atoms with Crippen molar-refractivity contribution in [3.63, 3.8) is 0 Å². The molecule has 0 radical (unpaired) electrons. The monoisotopic (exact) mass is 196 g/mol. The highest BCUT2D eigenvalue weighted by molar-refractivity contribution is 7.80. The lowest BCUT2D eigenvalue weighted by Gasteiger charge is -1.95. The highest BCUT2D eigenvalue weighted by atomic mass is 32.1. The zero-order chi connectivity index (χ0) is 9.98. The van der Waals surface area contributed by atoms with Crippen LogP contribution in [0.5, 0.6) is 0 Å². The minimum atomic E-state index is -0.602. The average molecular weight is 196 g/mol. The maximum absolute atomic E-state index is 9.71. The van der Waals surface area contributed by atoms with Crippen LogP contribution in [0.3, 0.4) is 0 Å². The highest BCUT2D eigenvalue weighted by Crippen LogP contribution is 1.47. The van der Waals surface area contributed by atoms with E-state index in [9.17, 15) is 4.79 Å². The summed E-state index contributed by atoms with van der Waals surface area (Å²) >= 11 is 4.38. The van der Waals surface area contributed by atoms with Gasteiger partial charge in [-0.3, -0.25) is 21.7 Å². The molecular formula is C2H12N8OS. The van der Waals surface area contributed by atoms with E-state index in [2.05, 4.69) is 34.8 Å². The first-order valence-corrected chi connectivity index (χ1v) is 2.97. The zero-order valence-corrected chi connectivity index (χ0v) is 6.94. The number of hydrogen-bond donors (Lipinski definition) is 8. The summed E-state index contributed by atoms with van der Waals surface area (Å²) in [6.45, 7) is 0. The topological polar surface area (TPSA) is 169 Å². The van der Waals surface area contributed by atoms with Crippen LogP contribution in [0.1, 0.15) is 0 Å². The molecule has 0 fully saturated rings. The molecule has 0 atom stereocenters. The van der Waals surface area contributed by atoms with Gasteiger partial charge in [0.1, 0.15) is 0 Å². The van der Waals surface area contributed by atoms with Crippen LogP contribution in [0.4, 0.5) is 4.79 Å². The van der Waals surface area contributed by atoms with E-state index in [0.29, 0.717) is 0 Å². The van der Waals surface area contributed by atoms with Crippen molar-refractivity contribution >= 4 is 23.4 Å². The lowest BCUT2D eigenvalue weighted by atomic mass is 11.1. The van der Waals surface area contributed by atoms with Gasteiger partial charge in [-0.2, -0.15) is 0 Å². The van der Waals surface area contributed by atoms with Crippen molar-refractivity contribution in [1.82, 2.24) is 21.7 Å². The third-order valence-corrected chi connectivity index (χ3v) is 0.760. The van der Waals surface area contributed by atoms with Crippen molar-refractivity contribution in [3.8, 4) is 0 Å². The van der Waals surface area contributed by atoms with E-state index in [1.54, 1.807) is 10.9 Å². The number of amides is 2. The molecule has 72 valence electrons. The minimum Gasteiger partial charge on any atom is -0.300 e. The number of carbonyl (C=O) groups is 1. The Balaban J connectivity index is 0. The second kappa shape index (κ2) is 9.80. The molecule has 0 saturated heterocycles. The van der Waals surface area contributed by atoms with Crippen LogP contribution in [0.15, 0.2) is 0 Å². The number of thiocarbonyl (C=S) groups is 1. The third kappa shape index (κ3) is 11.6. The van der Waals surface area contributed by atoms with E-state index >= 15 is 0 Å². The summed E-state index contributed by atoms with van der Waals surface area (Å²) in [5.41, 5.74) is 7.70. The van der Waals surface area contributed by atoms with Crippen molar-refractivity contribution in [2.24, 2.45) is 23.4 Å². The first kappa shape index (κ1) is 13.4. The summed E-state index contributed by atoms with van der Waals surface area (Å²) in [5, 5.41) is 0.231. The molecule has 0 aliphatic carbocycles. The number of rotatable bonds is 0. The molecule has 0 spiro atoms. The van der Waals surface area contributed by atoms with Crippen LogP contribution in [-0.2, 0) is 0 Å². The molecule has 9 nitrogen and oxygen atoms in total. The van der Waals surface area contributed by atoms with Crippen LogP contribution < -0.4 is 45.1 Å². The van der Waals surface area contributed by atoms with Gasteiger partial charge >= 0.3 is 6.03 Å². The Morgan fingerprint density at radius 1 is 0.917 bits per heavy atom. The number of hydrogen-bond acceptors (Lipinski definition) is 6. The molecule has 0 rings (SSSR count). The van der Waals surface area contributed by atoms with Gasteiger partial charge in [0.2, 0.25) is 0 Å². The molecule has 12 N–H and O–H groups in total. The van der Waals surface area contributed by atoms with Gasteiger partial charge in [-0.25, -0.2) is 28.2 Å². The maximum Gasteiger partial charge on any atom is 0.343 e. The Kier molecular flexibility index (Phi) is 10.9. The Morgan fingerprint density at radius 2 is 1.25 bits per heavy atom. The Morgan fingerprint density at radius 3 is 1.25 bits per heavy atom. The number of urea groups is 1. The summed E-state index contributed by atoms with van der Waals surface area (Å²) in [5.74, 6) is 18.6. The standard InChI is InChI=1S/CH6N4O.CH6N4S/c2*2-4-1(6)5-3/h2*2-3H2,(H2,4,5,6). The van der Waals surface area contributed by atoms with Crippen molar-refractivity contribution < 1.29 is 4.79 Å². The predicted molar refractivity (Wildman–Crippen MR) is 47.3 cm³/mol. The quantitative estimate of drug-likeness (QED) is 0.0844. The highest BCUT2D eigenvalue weighted by Gasteiger charge is 1.83. The van der Waals surface area contributed by atoms with E-state index in [4.69, 9.17) is 11.7 Å². The minimum absolute atomic E-state index is 0.231. The molecule has 0 aromatic rings. The fourth-order valence-electron chi connectivity index (χ4n) is 0.0833. The molecule has 12 heavy (non-hydrogen) atoms. The number of nitrogens with two attached hydrogens (primary N) is 4. The summed E-state index contributed by atoms with van der Waals surface area (Å²) in [7, 11) is 0. The largest absolute Gasteiger partial charge is 0.343 e. The molecule has 0 heterocycles. The molecule has 0 aliphatic rings. The predicted octanol–water partition coefficient (Wildman–Crippen LogP) is -3.77. The Labute approximate surface area is 74.1 Å². The molecule has 0 bridgehead atoms. The lowest BCUT2D eigenvalue weighted by Crippen LogP contribution is -2.43. The normalized spacial score (nSPS) is 7.00. The summed E-state index contributed by atoms with van der Waals surface area (Å²) in [6.07, 6.45) is 0. The van der Waals surface area contributed by atoms with Crippen LogP contribution >= 0.6 is 12.2 Å². The van der Waals surface area contributed by atoms with E-state index in [1.165, 1.54) is 0 Å². The van der Waals surface area contributed by atoms with E-state index in [-0.39, 0.29) is 5.11 Å². The number of carbonyl (C=O) groups excluding carboxylic acids is 1. The van der Waals surface area contributed by atoms with Gasteiger partial charge in [-0.15, -0.1) is 0 Å². The maximum atomic E-state index is 9.71. The SMILES string of the molecule is NNC(=O)NN.NNC(=S)NN. The fourth-order valence-corrected chi connectivity index (χ4v) is 0.0833. The Hall–Kier alpha value is -1.20. The van der Waals surface area contributed by atoms with Gasteiger partial charge in [0.15, 0.2) is 5.11 Å². The van der Waals surface area contributed by atoms with Gasteiger partial charge in [-0.1, -0.05) is 0 Å². The first-order chi connectivity index (χ1) is 5.62. The molecule has 0 aliphatic heterocycles. The molecule has 0 aromatic carbocycles.